The maximum atomic E-state index is 5.58. The molecule has 0 aliphatic carbocycles. The van der Waals surface area contributed by atoms with E-state index in [0.29, 0.717) is 13.2 Å². The highest BCUT2D eigenvalue weighted by Crippen LogP contribution is 2.13. The molecule has 0 amide bonds. The molecule has 1 aromatic rings. The lowest BCUT2D eigenvalue weighted by molar-refractivity contribution is 0.316. The minimum absolute atomic E-state index is 0.597. The molecule has 0 fully saturated rings. The molecule has 0 saturated heterocycles. The van der Waals surface area contributed by atoms with Crippen LogP contribution in [0, 0.1) is 12.3 Å². The van der Waals surface area contributed by atoms with Crippen LogP contribution in [0.2, 0.25) is 0 Å². The first-order valence-electron chi connectivity index (χ1n) is 6.22. The number of rotatable bonds is 8. The van der Waals surface area contributed by atoms with Crippen LogP contribution in [0.25, 0.3) is 0 Å². The van der Waals surface area contributed by atoms with Crippen molar-refractivity contribution in [3.05, 3.63) is 29.8 Å². The number of benzene rings is 1. The van der Waals surface area contributed by atoms with Gasteiger partial charge in [0, 0.05) is 6.54 Å². The molecular weight excluding hydrogens is 210 g/mol. The van der Waals surface area contributed by atoms with E-state index in [1.165, 1.54) is 18.4 Å². The topological polar surface area (TPSA) is 21.3 Å². The molecule has 1 rings (SSSR count). The van der Waals surface area contributed by atoms with E-state index in [2.05, 4.69) is 30.3 Å². The van der Waals surface area contributed by atoms with Crippen LogP contribution in [0.5, 0.6) is 5.75 Å². The summed E-state index contributed by atoms with van der Waals surface area (Å²) in [5, 5.41) is 3.08. The van der Waals surface area contributed by atoms with E-state index in [0.717, 1.165) is 18.7 Å². The molecule has 2 heteroatoms. The summed E-state index contributed by atoms with van der Waals surface area (Å²) in [5.41, 5.74) is 1.38. The van der Waals surface area contributed by atoms with Crippen molar-refractivity contribution in [1.29, 1.82) is 0 Å². The Balaban J connectivity index is 2.23. The van der Waals surface area contributed by atoms with Crippen molar-refractivity contribution < 1.29 is 4.74 Å². The predicted octanol–water partition coefficient (Wildman–Crippen LogP) is 2.63. The second-order valence-electron chi connectivity index (χ2n) is 3.98. The molecule has 0 radical (unpaired) electrons. The lowest BCUT2D eigenvalue weighted by Crippen LogP contribution is -2.21. The monoisotopic (exact) mass is 231 g/mol. The molecule has 0 aromatic heterocycles. The van der Waals surface area contributed by atoms with Crippen molar-refractivity contribution in [3.63, 3.8) is 0 Å². The van der Waals surface area contributed by atoms with Gasteiger partial charge in [-0.3, -0.25) is 0 Å². The minimum atomic E-state index is 0.597. The standard InChI is InChI=1S/C15H21NO/c1-3-5-6-14-7-9-15(10-8-14)17-13-12-16-11-4-2/h2,7-10,16H,3,5-6,11-13H2,1H3. The zero-order valence-corrected chi connectivity index (χ0v) is 10.5. The predicted molar refractivity (Wildman–Crippen MR) is 72.3 cm³/mol. The second kappa shape index (κ2) is 8.66. The molecule has 1 N–H and O–H groups in total. The molecule has 2 nitrogen and oxygen atoms in total. The molecule has 0 heterocycles. The third-order valence-electron chi connectivity index (χ3n) is 2.52. The number of aryl methyl sites for hydroxylation is 1. The Labute approximate surface area is 104 Å². The van der Waals surface area contributed by atoms with Gasteiger partial charge in [0.2, 0.25) is 0 Å². The number of hydrogen-bond acceptors (Lipinski definition) is 2. The van der Waals surface area contributed by atoms with Gasteiger partial charge in [0.1, 0.15) is 12.4 Å². The Bertz CT molecular complexity index is 337. The Kier molecular flexibility index (Phi) is 6.93. The maximum absolute atomic E-state index is 5.58. The Morgan fingerprint density at radius 2 is 2.06 bits per heavy atom. The van der Waals surface area contributed by atoms with Gasteiger partial charge in [0.05, 0.1) is 6.54 Å². The van der Waals surface area contributed by atoms with E-state index < -0.39 is 0 Å². The highest BCUT2D eigenvalue weighted by atomic mass is 16.5. The van der Waals surface area contributed by atoms with Crippen LogP contribution in [-0.4, -0.2) is 19.7 Å². The van der Waals surface area contributed by atoms with Crippen LogP contribution in [0.3, 0.4) is 0 Å². The average Bonchev–Trinajstić information content (AvgIpc) is 2.37. The molecule has 0 saturated carbocycles. The SMILES string of the molecule is C#CCNCCOc1ccc(CCCC)cc1. The van der Waals surface area contributed by atoms with Crippen molar-refractivity contribution >= 4 is 0 Å². The zero-order valence-electron chi connectivity index (χ0n) is 10.5. The van der Waals surface area contributed by atoms with Gasteiger partial charge in [-0.1, -0.05) is 31.4 Å². The van der Waals surface area contributed by atoms with Crippen LogP contribution >= 0.6 is 0 Å². The van der Waals surface area contributed by atoms with E-state index in [9.17, 15) is 0 Å². The normalized spacial score (nSPS) is 9.88. The van der Waals surface area contributed by atoms with Crippen molar-refractivity contribution in [2.45, 2.75) is 26.2 Å². The van der Waals surface area contributed by atoms with Crippen LogP contribution < -0.4 is 10.1 Å². The zero-order chi connectivity index (χ0) is 12.3. The van der Waals surface area contributed by atoms with E-state index in [1.807, 2.05) is 12.1 Å². The van der Waals surface area contributed by atoms with Gasteiger partial charge in [-0.2, -0.15) is 0 Å². The highest BCUT2D eigenvalue weighted by Gasteiger charge is 1.95. The average molecular weight is 231 g/mol. The largest absolute Gasteiger partial charge is 0.492 e. The van der Waals surface area contributed by atoms with Gasteiger partial charge < -0.3 is 10.1 Å². The van der Waals surface area contributed by atoms with Crippen molar-refractivity contribution in [1.82, 2.24) is 5.32 Å². The lowest BCUT2D eigenvalue weighted by atomic mass is 10.1. The second-order valence-corrected chi connectivity index (χ2v) is 3.98. The molecular formula is C15H21NO. The van der Waals surface area contributed by atoms with E-state index in [1.54, 1.807) is 0 Å². The summed E-state index contributed by atoms with van der Waals surface area (Å²) in [7, 11) is 0. The first-order chi connectivity index (χ1) is 8.36. The molecule has 1 aromatic carbocycles. The fraction of sp³-hybridized carbons (Fsp3) is 0.467. The van der Waals surface area contributed by atoms with Gasteiger partial charge in [0.25, 0.3) is 0 Å². The minimum Gasteiger partial charge on any atom is -0.492 e. The smallest absolute Gasteiger partial charge is 0.119 e. The number of terminal acetylenes is 1. The number of unbranched alkanes of at least 4 members (excludes halogenated alkanes) is 1. The summed E-state index contributed by atoms with van der Waals surface area (Å²) >= 11 is 0. The van der Waals surface area contributed by atoms with E-state index in [4.69, 9.17) is 11.2 Å². The number of ether oxygens (including phenoxy) is 1. The molecule has 0 bridgehead atoms. The van der Waals surface area contributed by atoms with Gasteiger partial charge in [0.15, 0.2) is 0 Å². The van der Waals surface area contributed by atoms with Gasteiger partial charge in [-0.15, -0.1) is 6.42 Å². The fourth-order valence-corrected chi connectivity index (χ4v) is 1.53. The van der Waals surface area contributed by atoms with Crippen molar-refractivity contribution in [2.75, 3.05) is 19.7 Å². The van der Waals surface area contributed by atoms with Crippen LogP contribution in [-0.2, 0) is 6.42 Å². The molecule has 17 heavy (non-hydrogen) atoms. The molecule has 0 aliphatic heterocycles. The van der Waals surface area contributed by atoms with Crippen LogP contribution in [0.15, 0.2) is 24.3 Å². The lowest BCUT2D eigenvalue weighted by Gasteiger charge is -2.07. The van der Waals surface area contributed by atoms with E-state index >= 15 is 0 Å². The third kappa shape index (κ3) is 5.99. The molecule has 0 aliphatic rings. The summed E-state index contributed by atoms with van der Waals surface area (Å²) < 4.78 is 5.58. The Morgan fingerprint density at radius 1 is 1.29 bits per heavy atom. The van der Waals surface area contributed by atoms with Crippen LogP contribution in [0.4, 0.5) is 0 Å². The molecule has 0 atom stereocenters. The van der Waals surface area contributed by atoms with Crippen LogP contribution in [0.1, 0.15) is 25.3 Å². The van der Waals surface area contributed by atoms with Crippen molar-refractivity contribution in [2.24, 2.45) is 0 Å². The summed E-state index contributed by atoms with van der Waals surface area (Å²) in [4.78, 5) is 0. The third-order valence-corrected chi connectivity index (χ3v) is 2.52. The first kappa shape index (κ1) is 13.6. The molecule has 0 spiro atoms. The van der Waals surface area contributed by atoms with Gasteiger partial charge in [-0.25, -0.2) is 0 Å². The maximum Gasteiger partial charge on any atom is 0.119 e. The number of nitrogens with one attached hydrogen (secondary N) is 1. The summed E-state index contributed by atoms with van der Waals surface area (Å²) in [6.07, 6.45) is 8.76. The van der Waals surface area contributed by atoms with Gasteiger partial charge >= 0.3 is 0 Å². The summed E-state index contributed by atoms with van der Waals surface area (Å²) in [5.74, 6) is 3.45. The quantitative estimate of drug-likeness (QED) is 0.548. The Morgan fingerprint density at radius 3 is 2.71 bits per heavy atom. The summed E-state index contributed by atoms with van der Waals surface area (Å²) in [6, 6.07) is 8.35. The first-order valence-corrected chi connectivity index (χ1v) is 6.22. The van der Waals surface area contributed by atoms with Crippen molar-refractivity contribution in [3.8, 4) is 18.1 Å². The van der Waals surface area contributed by atoms with E-state index in [-0.39, 0.29) is 0 Å². The highest BCUT2D eigenvalue weighted by molar-refractivity contribution is 5.27. The molecule has 92 valence electrons. The van der Waals surface area contributed by atoms with Gasteiger partial charge in [-0.05, 0) is 30.5 Å². The summed E-state index contributed by atoms with van der Waals surface area (Å²) in [6.45, 7) is 4.23. The Hall–Kier alpha value is -1.46. The number of hydrogen-bond donors (Lipinski definition) is 1. The molecule has 0 unspecified atom stereocenters. The fourth-order valence-electron chi connectivity index (χ4n) is 1.53.